The minimum absolute atomic E-state index is 0.298. The van der Waals surface area contributed by atoms with E-state index in [1.54, 1.807) is 6.07 Å². The van der Waals surface area contributed by atoms with Crippen molar-refractivity contribution in [2.45, 2.75) is 13.8 Å². The van der Waals surface area contributed by atoms with E-state index >= 15 is 0 Å². The van der Waals surface area contributed by atoms with E-state index in [-0.39, 0.29) is 5.63 Å². The summed E-state index contributed by atoms with van der Waals surface area (Å²) in [6, 6.07) is 11.7. The quantitative estimate of drug-likeness (QED) is 0.486. The van der Waals surface area contributed by atoms with Gasteiger partial charge in [-0.2, -0.15) is 0 Å². The van der Waals surface area contributed by atoms with Gasteiger partial charge in [-0.15, -0.1) is 0 Å². The van der Waals surface area contributed by atoms with Gasteiger partial charge in [-0.05, 0) is 37.1 Å². The van der Waals surface area contributed by atoms with E-state index < -0.39 is 0 Å². The Morgan fingerprint density at radius 3 is 2.65 bits per heavy atom. The van der Waals surface area contributed by atoms with Crippen LogP contribution in [0.15, 0.2) is 45.6 Å². The molecule has 4 aromatic rings. The van der Waals surface area contributed by atoms with Crippen LogP contribution in [0, 0.1) is 13.8 Å². The number of rotatable bonds is 0. The van der Waals surface area contributed by atoms with Gasteiger partial charge < -0.3 is 9.40 Å². The van der Waals surface area contributed by atoms with Gasteiger partial charge in [0.15, 0.2) is 0 Å². The Labute approximate surface area is 114 Å². The second-order valence-corrected chi connectivity index (χ2v) is 5.24. The lowest BCUT2D eigenvalue weighted by Gasteiger charge is -2.05. The van der Waals surface area contributed by atoms with Crippen molar-refractivity contribution in [2.75, 3.05) is 0 Å². The Balaban J connectivity index is 2.43. The van der Waals surface area contributed by atoms with Crippen LogP contribution in [0.1, 0.15) is 11.1 Å². The lowest BCUT2D eigenvalue weighted by Crippen LogP contribution is -1.98. The summed E-state index contributed by atoms with van der Waals surface area (Å²) in [5.41, 5.74) is 4.60. The van der Waals surface area contributed by atoms with Gasteiger partial charge >= 0.3 is 5.63 Å². The molecule has 2 aromatic heterocycles. The number of para-hydroxylation sites is 1. The maximum atomic E-state index is 11.6. The highest BCUT2D eigenvalue weighted by Gasteiger charge is 2.13. The van der Waals surface area contributed by atoms with Crippen LogP contribution in [0.3, 0.4) is 0 Å². The third kappa shape index (κ3) is 1.37. The Morgan fingerprint density at radius 1 is 1.00 bits per heavy atom. The van der Waals surface area contributed by atoms with Gasteiger partial charge in [-0.1, -0.05) is 18.2 Å². The predicted octanol–water partition coefficient (Wildman–Crippen LogP) is 4.04. The lowest BCUT2D eigenvalue weighted by molar-refractivity contribution is 0.560. The molecule has 20 heavy (non-hydrogen) atoms. The highest BCUT2D eigenvalue weighted by Crippen LogP contribution is 2.35. The Hall–Kier alpha value is -2.55. The molecule has 4 rings (SSSR count). The van der Waals surface area contributed by atoms with Crippen LogP contribution in [0.2, 0.25) is 0 Å². The van der Waals surface area contributed by atoms with E-state index in [9.17, 15) is 4.79 Å². The number of hydrogen-bond donors (Lipinski definition) is 1. The highest BCUT2D eigenvalue weighted by molar-refractivity contribution is 6.20. The molecule has 0 saturated heterocycles. The number of hydrogen-bond acceptors (Lipinski definition) is 2. The smallest absolute Gasteiger partial charge is 0.336 e. The van der Waals surface area contributed by atoms with E-state index in [4.69, 9.17) is 4.42 Å². The molecule has 0 aliphatic rings. The van der Waals surface area contributed by atoms with Gasteiger partial charge in [0, 0.05) is 27.7 Å². The molecule has 2 heterocycles. The van der Waals surface area contributed by atoms with Crippen molar-refractivity contribution in [2.24, 2.45) is 0 Å². The SMILES string of the molecule is Cc1cc2oc(=O)cc(C)c2c2c1[nH]c1ccccc12. The zero-order chi connectivity index (χ0) is 13.9. The second kappa shape index (κ2) is 3.73. The van der Waals surface area contributed by atoms with E-state index in [1.165, 1.54) is 0 Å². The lowest BCUT2D eigenvalue weighted by atomic mass is 10.0. The zero-order valence-electron chi connectivity index (χ0n) is 11.3. The maximum Gasteiger partial charge on any atom is 0.336 e. The van der Waals surface area contributed by atoms with Gasteiger partial charge in [-0.25, -0.2) is 4.79 Å². The number of nitrogens with one attached hydrogen (secondary N) is 1. The highest BCUT2D eigenvalue weighted by atomic mass is 16.4. The number of fused-ring (bicyclic) bond motifs is 5. The predicted molar refractivity (Wildman–Crippen MR) is 81.3 cm³/mol. The van der Waals surface area contributed by atoms with Gasteiger partial charge in [0.05, 0.1) is 5.52 Å². The molecule has 3 heteroatoms. The van der Waals surface area contributed by atoms with Crippen molar-refractivity contribution < 1.29 is 4.42 Å². The summed E-state index contributed by atoms with van der Waals surface area (Å²) in [5, 5.41) is 3.31. The van der Waals surface area contributed by atoms with Crippen LogP contribution in [0.25, 0.3) is 32.8 Å². The molecule has 0 aliphatic heterocycles. The topological polar surface area (TPSA) is 46.0 Å². The second-order valence-electron chi connectivity index (χ2n) is 5.24. The van der Waals surface area contributed by atoms with Crippen LogP contribution in [0.5, 0.6) is 0 Å². The van der Waals surface area contributed by atoms with Crippen LogP contribution in [0.4, 0.5) is 0 Å². The number of aromatic nitrogens is 1. The van der Waals surface area contributed by atoms with Crippen LogP contribution >= 0.6 is 0 Å². The largest absolute Gasteiger partial charge is 0.423 e. The molecule has 0 unspecified atom stereocenters. The molecule has 0 aliphatic carbocycles. The Kier molecular flexibility index (Phi) is 2.11. The van der Waals surface area contributed by atoms with Crippen molar-refractivity contribution in [1.82, 2.24) is 4.98 Å². The summed E-state index contributed by atoms with van der Waals surface area (Å²) in [7, 11) is 0. The van der Waals surface area contributed by atoms with Crippen molar-refractivity contribution in [3.63, 3.8) is 0 Å². The third-order valence-corrected chi connectivity index (χ3v) is 3.88. The van der Waals surface area contributed by atoms with Crippen molar-refractivity contribution in [1.29, 1.82) is 0 Å². The maximum absolute atomic E-state index is 11.6. The average molecular weight is 263 g/mol. The summed E-state index contributed by atoms with van der Waals surface area (Å²) >= 11 is 0. The minimum atomic E-state index is -0.298. The average Bonchev–Trinajstić information content (AvgIpc) is 2.78. The van der Waals surface area contributed by atoms with E-state index in [2.05, 4.69) is 17.1 Å². The normalized spacial score (nSPS) is 11.7. The first-order valence-corrected chi connectivity index (χ1v) is 6.59. The minimum Gasteiger partial charge on any atom is -0.423 e. The van der Waals surface area contributed by atoms with Crippen LogP contribution < -0.4 is 5.63 Å². The molecule has 0 atom stereocenters. The summed E-state index contributed by atoms with van der Waals surface area (Å²) in [5.74, 6) is 0. The number of aromatic amines is 1. The summed E-state index contributed by atoms with van der Waals surface area (Å²) < 4.78 is 5.38. The first-order chi connectivity index (χ1) is 9.65. The molecule has 0 bridgehead atoms. The fourth-order valence-corrected chi connectivity index (χ4v) is 3.02. The molecule has 0 radical (unpaired) electrons. The third-order valence-electron chi connectivity index (χ3n) is 3.88. The molecule has 0 amide bonds. The standard InChI is InChI=1S/C17H13NO2/c1-9-8-14(19)20-13-7-10(2)17-16(15(9)13)11-5-3-4-6-12(11)18-17/h3-8,18H,1-2H3. The first kappa shape index (κ1) is 11.3. The first-order valence-electron chi connectivity index (χ1n) is 6.59. The molecule has 1 N–H and O–H groups in total. The van der Waals surface area contributed by atoms with Crippen LogP contribution in [-0.4, -0.2) is 4.98 Å². The summed E-state index contributed by atoms with van der Waals surface area (Å²) in [6.07, 6.45) is 0. The van der Waals surface area contributed by atoms with E-state index in [1.807, 2.05) is 32.0 Å². The summed E-state index contributed by atoms with van der Waals surface area (Å²) in [6.45, 7) is 3.98. The molecular weight excluding hydrogens is 250 g/mol. The van der Waals surface area contributed by atoms with E-state index in [0.717, 1.165) is 38.3 Å². The summed E-state index contributed by atoms with van der Waals surface area (Å²) in [4.78, 5) is 15.0. The Morgan fingerprint density at radius 2 is 1.80 bits per heavy atom. The van der Waals surface area contributed by atoms with Crippen molar-refractivity contribution in [3.8, 4) is 0 Å². The van der Waals surface area contributed by atoms with E-state index in [0.29, 0.717) is 5.58 Å². The van der Waals surface area contributed by atoms with Crippen molar-refractivity contribution >= 4 is 32.8 Å². The van der Waals surface area contributed by atoms with Crippen LogP contribution in [-0.2, 0) is 0 Å². The molecule has 0 spiro atoms. The number of H-pyrrole nitrogens is 1. The van der Waals surface area contributed by atoms with Gasteiger partial charge in [0.25, 0.3) is 0 Å². The van der Waals surface area contributed by atoms with Gasteiger partial charge in [0.1, 0.15) is 5.58 Å². The fourth-order valence-electron chi connectivity index (χ4n) is 3.02. The number of benzene rings is 2. The molecule has 3 nitrogen and oxygen atoms in total. The fraction of sp³-hybridized carbons (Fsp3) is 0.118. The Bertz CT molecular complexity index is 1040. The molecule has 2 aromatic carbocycles. The van der Waals surface area contributed by atoms with Gasteiger partial charge in [-0.3, -0.25) is 0 Å². The van der Waals surface area contributed by atoms with Crippen molar-refractivity contribution in [3.05, 3.63) is 57.9 Å². The molecule has 98 valence electrons. The number of aryl methyl sites for hydroxylation is 2. The zero-order valence-corrected chi connectivity index (χ0v) is 11.3. The van der Waals surface area contributed by atoms with Gasteiger partial charge in [0.2, 0.25) is 0 Å². The molecule has 0 fully saturated rings. The molecular formula is C17H13NO2. The monoisotopic (exact) mass is 263 g/mol. The molecule has 0 saturated carbocycles.